The zero-order chi connectivity index (χ0) is 11.5. The average Bonchev–Trinajstić information content (AvgIpc) is 2.74. The number of hydrogen-bond acceptors (Lipinski definition) is 5. The molecule has 0 aliphatic heterocycles. The van der Waals surface area contributed by atoms with Crippen LogP contribution in [0.25, 0.3) is 11.0 Å². The van der Waals surface area contributed by atoms with E-state index in [0.29, 0.717) is 16.7 Å². The molecule has 0 saturated heterocycles. The molecule has 0 spiro atoms. The molecule has 0 bridgehead atoms. The molecule has 2 heterocycles. The summed E-state index contributed by atoms with van der Waals surface area (Å²) in [4.78, 5) is 7.79. The highest BCUT2D eigenvalue weighted by molar-refractivity contribution is 7.92. The Labute approximate surface area is 94.6 Å². The summed E-state index contributed by atoms with van der Waals surface area (Å²) in [7, 11) is 0. The van der Waals surface area contributed by atoms with E-state index in [1.54, 1.807) is 6.07 Å². The largest absolute Gasteiger partial charge is 0.247 e. The molecule has 0 fully saturated rings. The molecule has 0 aliphatic carbocycles. The second-order valence-electron chi connectivity index (χ2n) is 2.90. The molecular weight excluding hydrogens is 229 g/mol. The molecule has 2 aromatic rings. The highest BCUT2D eigenvalue weighted by Crippen LogP contribution is 2.25. The van der Waals surface area contributed by atoms with Gasteiger partial charge in [0.15, 0.2) is 23.9 Å². The van der Waals surface area contributed by atoms with Crippen LogP contribution in [-0.4, -0.2) is 13.9 Å². The van der Waals surface area contributed by atoms with E-state index in [9.17, 15) is 3.89 Å². The third-order valence-electron chi connectivity index (χ3n) is 2.09. The lowest BCUT2D eigenvalue weighted by molar-refractivity contribution is 0.918. The standard InChI is InChI=1S/C9H4FN5S/c10-16-15-2-1-7-8(6(3-11)4-12)13-5-14-9(7)15/h1-2,5-6H. The van der Waals surface area contributed by atoms with Crippen molar-refractivity contribution in [1.82, 2.24) is 13.9 Å². The summed E-state index contributed by atoms with van der Waals surface area (Å²) in [5.74, 6) is -0.967. The predicted molar refractivity (Wildman–Crippen MR) is 55.6 cm³/mol. The third-order valence-corrected chi connectivity index (χ3v) is 2.53. The maximum atomic E-state index is 12.5. The van der Waals surface area contributed by atoms with Gasteiger partial charge < -0.3 is 0 Å². The molecule has 7 heteroatoms. The second kappa shape index (κ2) is 4.17. The molecule has 0 unspecified atom stereocenters. The Morgan fingerprint density at radius 2 is 2.12 bits per heavy atom. The summed E-state index contributed by atoms with van der Waals surface area (Å²) in [6.07, 6.45) is 2.69. The normalized spacial score (nSPS) is 10.2. The molecule has 0 amide bonds. The van der Waals surface area contributed by atoms with Gasteiger partial charge in [-0.2, -0.15) is 10.5 Å². The summed E-state index contributed by atoms with van der Waals surface area (Å²) in [5, 5.41) is 18.1. The van der Waals surface area contributed by atoms with Crippen LogP contribution < -0.4 is 0 Å². The molecule has 78 valence electrons. The van der Waals surface area contributed by atoms with Crippen LogP contribution in [-0.2, 0) is 0 Å². The van der Waals surface area contributed by atoms with Crippen LogP contribution in [0.1, 0.15) is 11.6 Å². The van der Waals surface area contributed by atoms with Crippen LogP contribution in [0.4, 0.5) is 3.89 Å². The Hall–Kier alpha value is -2.12. The average molecular weight is 233 g/mol. The van der Waals surface area contributed by atoms with Gasteiger partial charge in [0, 0.05) is 11.6 Å². The number of hydrogen-bond donors (Lipinski definition) is 0. The van der Waals surface area contributed by atoms with E-state index in [1.165, 1.54) is 16.5 Å². The molecule has 0 saturated carbocycles. The van der Waals surface area contributed by atoms with Crippen molar-refractivity contribution in [2.24, 2.45) is 0 Å². The van der Waals surface area contributed by atoms with Gasteiger partial charge in [0.1, 0.15) is 6.33 Å². The molecule has 2 aromatic heterocycles. The second-order valence-corrected chi connectivity index (χ2v) is 3.43. The van der Waals surface area contributed by atoms with Crippen LogP contribution in [0, 0.1) is 22.7 Å². The predicted octanol–water partition coefficient (Wildman–Crippen LogP) is 1.94. The van der Waals surface area contributed by atoms with Crippen LogP contribution in [0.5, 0.6) is 0 Å². The minimum atomic E-state index is -0.967. The minimum absolute atomic E-state index is 0.00115. The molecule has 16 heavy (non-hydrogen) atoms. The van der Waals surface area contributed by atoms with Gasteiger partial charge >= 0.3 is 0 Å². The zero-order valence-corrected chi connectivity index (χ0v) is 8.65. The topological polar surface area (TPSA) is 78.3 Å². The van der Waals surface area contributed by atoms with Gasteiger partial charge in [0.25, 0.3) is 0 Å². The van der Waals surface area contributed by atoms with Crippen molar-refractivity contribution in [3.63, 3.8) is 0 Å². The maximum absolute atomic E-state index is 12.5. The monoisotopic (exact) mass is 233 g/mol. The van der Waals surface area contributed by atoms with Crippen molar-refractivity contribution < 1.29 is 3.89 Å². The first-order chi connectivity index (χ1) is 7.81. The quantitative estimate of drug-likeness (QED) is 0.792. The molecule has 2 rings (SSSR count). The highest BCUT2D eigenvalue weighted by atomic mass is 32.2. The lowest BCUT2D eigenvalue weighted by Gasteiger charge is -2.01. The Kier molecular flexibility index (Phi) is 2.71. The first kappa shape index (κ1) is 10.4. The number of fused-ring (bicyclic) bond motifs is 1. The first-order valence-corrected chi connectivity index (χ1v) is 4.89. The maximum Gasteiger partial charge on any atom is 0.175 e. The molecule has 0 atom stereocenters. The van der Waals surface area contributed by atoms with Gasteiger partial charge in [-0.15, -0.1) is 3.89 Å². The van der Waals surface area contributed by atoms with E-state index in [2.05, 4.69) is 9.97 Å². The van der Waals surface area contributed by atoms with Gasteiger partial charge in [-0.3, -0.25) is 0 Å². The van der Waals surface area contributed by atoms with Crippen molar-refractivity contribution in [3.05, 3.63) is 24.3 Å². The first-order valence-electron chi connectivity index (χ1n) is 4.22. The van der Waals surface area contributed by atoms with Crippen molar-refractivity contribution >= 4 is 23.4 Å². The van der Waals surface area contributed by atoms with Crippen LogP contribution >= 0.6 is 12.3 Å². The fraction of sp³-hybridized carbons (Fsp3) is 0.111. The molecular formula is C9H4FN5S. The summed E-state index contributed by atoms with van der Waals surface area (Å²) < 4.78 is 13.7. The number of nitrogens with zero attached hydrogens (tertiary/aromatic N) is 5. The van der Waals surface area contributed by atoms with E-state index in [1.807, 2.05) is 12.1 Å². The zero-order valence-electron chi connectivity index (χ0n) is 7.83. The number of halogens is 1. The number of aromatic nitrogens is 3. The van der Waals surface area contributed by atoms with Gasteiger partial charge in [-0.1, -0.05) is 0 Å². The van der Waals surface area contributed by atoms with Gasteiger partial charge in [0.05, 0.1) is 17.8 Å². The van der Waals surface area contributed by atoms with E-state index in [0.717, 1.165) is 0 Å². The van der Waals surface area contributed by atoms with Crippen molar-refractivity contribution in [2.45, 2.75) is 5.92 Å². The summed E-state index contributed by atoms with van der Waals surface area (Å²) >= 11 is 0.00115. The molecule has 0 aliphatic rings. The van der Waals surface area contributed by atoms with E-state index in [-0.39, 0.29) is 12.3 Å². The fourth-order valence-corrected chi connectivity index (χ4v) is 1.70. The minimum Gasteiger partial charge on any atom is -0.247 e. The SMILES string of the molecule is N#CC(C#N)c1ncnc2c1ccn2SF. The van der Waals surface area contributed by atoms with Gasteiger partial charge in [-0.05, 0) is 6.07 Å². The molecule has 0 N–H and O–H groups in total. The summed E-state index contributed by atoms with van der Waals surface area (Å²) in [5.41, 5.74) is 0.663. The van der Waals surface area contributed by atoms with Crippen molar-refractivity contribution in [2.75, 3.05) is 0 Å². The van der Waals surface area contributed by atoms with Crippen molar-refractivity contribution in [1.29, 1.82) is 10.5 Å². The number of nitriles is 2. The van der Waals surface area contributed by atoms with Gasteiger partial charge in [-0.25, -0.2) is 13.9 Å². The molecule has 0 aromatic carbocycles. The molecule has 0 radical (unpaired) electrons. The Bertz CT molecular complexity index is 594. The van der Waals surface area contributed by atoms with Crippen LogP contribution in [0.3, 0.4) is 0 Å². The Balaban J connectivity index is 2.69. The van der Waals surface area contributed by atoms with E-state index < -0.39 is 5.92 Å². The Morgan fingerprint density at radius 3 is 2.75 bits per heavy atom. The van der Waals surface area contributed by atoms with E-state index in [4.69, 9.17) is 10.5 Å². The third kappa shape index (κ3) is 1.47. The van der Waals surface area contributed by atoms with Crippen LogP contribution in [0.2, 0.25) is 0 Å². The Morgan fingerprint density at radius 1 is 1.38 bits per heavy atom. The lowest BCUT2D eigenvalue weighted by atomic mass is 10.1. The summed E-state index contributed by atoms with van der Waals surface area (Å²) in [6.45, 7) is 0. The smallest absolute Gasteiger partial charge is 0.175 e. The van der Waals surface area contributed by atoms with Crippen molar-refractivity contribution in [3.8, 4) is 12.1 Å². The highest BCUT2D eigenvalue weighted by Gasteiger charge is 2.17. The fourth-order valence-electron chi connectivity index (χ4n) is 1.38. The number of rotatable bonds is 2. The van der Waals surface area contributed by atoms with Crippen LogP contribution in [0.15, 0.2) is 18.6 Å². The summed E-state index contributed by atoms with van der Waals surface area (Å²) in [6, 6.07) is 5.23. The van der Waals surface area contributed by atoms with Gasteiger partial charge in [0.2, 0.25) is 0 Å². The van der Waals surface area contributed by atoms with E-state index >= 15 is 0 Å². The molecule has 5 nitrogen and oxygen atoms in total. The lowest BCUT2D eigenvalue weighted by Crippen LogP contribution is -1.98.